The van der Waals surface area contributed by atoms with Crippen LogP contribution in [-0.2, 0) is 4.79 Å². The summed E-state index contributed by atoms with van der Waals surface area (Å²) in [4.78, 5) is 13.0. The summed E-state index contributed by atoms with van der Waals surface area (Å²) in [5.41, 5.74) is 7.08. The zero-order valence-electron chi connectivity index (χ0n) is 11.3. The van der Waals surface area contributed by atoms with Crippen LogP contribution in [0.4, 0.5) is 5.69 Å². The van der Waals surface area contributed by atoms with E-state index in [1.54, 1.807) is 0 Å². The highest BCUT2D eigenvalue weighted by Crippen LogP contribution is 2.22. The highest BCUT2D eigenvalue weighted by atomic mass is 16.3. The molecule has 1 amide bonds. The first kappa shape index (κ1) is 14.5. The van der Waals surface area contributed by atoms with Crippen LogP contribution in [0.1, 0.15) is 38.9 Å². The van der Waals surface area contributed by atoms with Crippen molar-refractivity contribution in [3.05, 3.63) is 29.8 Å². The van der Waals surface area contributed by atoms with Crippen LogP contribution in [0.15, 0.2) is 24.3 Å². The van der Waals surface area contributed by atoms with E-state index in [1.807, 2.05) is 49.9 Å². The fourth-order valence-corrected chi connectivity index (χ4v) is 1.86. The number of nitrogens with two attached hydrogens (primary N) is 1. The molecular formula is C14H22N2O2. The third-order valence-corrected chi connectivity index (χ3v) is 2.95. The highest BCUT2D eigenvalue weighted by molar-refractivity contribution is 5.79. The van der Waals surface area contributed by atoms with Gasteiger partial charge in [0.2, 0.25) is 5.91 Å². The van der Waals surface area contributed by atoms with Gasteiger partial charge < -0.3 is 15.7 Å². The lowest BCUT2D eigenvalue weighted by molar-refractivity contribution is -0.116. The first-order valence-electron chi connectivity index (χ1n) is 6.28. The summed E-state index contributed by atoms with van der Waals surface area (Å²) in [6.45, 7) is 6.16. The molecule has 0 spiro atoms. The van der Waals surface area contributed by atoms with Crippen molar-refractivity contribution >= 4 is 11.6 Å². The number of hydrogen-bond acceptors (Lipinski definition) is 3. The Balaban J connectivity index is 2.90. The van der Waals surface area contributed by atoms with Gasteiger partial charge in [-0.15, -0.1) is 0 Å². The Labute approximate surface area is 108 Å². The SMILES string of the molecule is CCC(O)c1ccc(N(CC(N)=O)C(C)C)cc1. The number of rotatable bonds is 6. The average Bonchev–Trinajstić information content (AvgIpc) is 2.34. The number of anilines is 1. The van der Waals surface area contributed by atoms with E-state index in [-0.39, 0.29) is 18.5 Å². The minimum atomic E-state index is -0.428. The van der Waals surface area contributed by atoms with Crippen LogP contribution in [-0.4, -0.2) is 23.6 Å². The van der Waals surface area contributed by atoms with Gasteiger partial charge in [-0.3, -0.25) is 4.79 Å². The molecule has 0 aliphatic heterocycles. The van der Waals surface area contributed by atoms with Crippen molar-refractivity contribution in [1.29, 1.82) is 0 Å². The summed E-state index contributed by atoms with van der Waals surface area (Å²) in [6.07, 6.45) is 0.261. The van der Waals surface area contributed by atoms with Crippen LogP contribution in [0.25, 0.3) is 0 Å². The first-order valence-corrected chi connectivity index (χ1v) is 6.28. The van der Waals surface area contributed by atoms with Crippen LogP contribution in [0.2, 0.25) is 0 Å². The van der Waals surface area contributed by atoms with Crippen LogP contribution in [0, 0.1) is 0 Å². The zero-order valence-corrected chi connectivity index (χ0v) is 11.3. The molecule has 0 saturated heterocycles. The van der Waals surface area contributed by atoms with Crippen LogP contribution in [0.3, 0.4) is 0 Å². The number of aliphatic hydroxyl groups excluding tert-OH is 1. The number of aliphatic hydroxyl groups is 1. The molecule has 1 rings (SSSR count). The van der Waals surface area contributed by atoms with Crippen LogP contribution in [0.5, 0.6) is 0 Å². The molecule has 0 fully saturated rings. The summed E-state index contributed by atoms with van der Waals surface area (Å²) in [5.74, 6) is -0.346. The van der Waals surface area contributed by atoms with Crippen LogP contribution >= 0.6 is 0 Å². The molecule has 0 bridgehead atoms. The molecule has 1 aromatic rings. The van der Waals surface area contributed by atoms with Gasteiger partial charge >= 0.3 is 0 Å². The molecule has 100 valence electrons. The quantitative estimate of drug-likeness (QED) is 0.809. The molecule has 1 unspecified atom stereocenters. The molecule has 0 aliphatic rings. The van der Waals surface area contributed by atoms with E-state index < -0.39 is 6.10 Å². The van der Waals surface area contributed by atoms with E-state index in [9.17, 15) is 9.90 Å². The number of amides is 1. The van der Waals surface area contributed by atoms with E-state index in [0.717, 1.165) is 11.3 Å². The Morgan fingerprint density at radius 1 is 1.33 bits per heavy atom. The summed E-state index contributed by atoms with van der Waals surface area (Å²) < 4.78 is 0. The van der Waals surface area contributed by atoms with Crippen molar-refractivity contribution in [1.82, 2.24) is 0 Å². The van der Waals surface area contributed by atoms with Crippen molar-refractivity contribution in [2.75, 3.05) is 11.4 Å². The fraction of sp³-hybridized carbons (Fsp3) is 0.500. The molecule has 18 heavy (non-hydrogen) atoms. The number of carbonyl (C=O) groups excluding carboxylic acids is 1. The molecule has 1 aromatic carbocycles. The Hall–Kier alpha value is -1.55. The van der Waals surface area contributed by atoms with Crippen molar-refractivity contribution in [2.45, 2.75) is 39.3 Å². The Bertz CT molecular complexity index is 387. The second kappa shape index (κ2) is 6.40. The predicted octanol–water partition coefficient (Wildman–Crippen LogP) is 1.83. The van der Waals surface area contributed by atoms with Gasteiger partial charge in [0.15, 0.2) is 0 Å². The van der Waals surface area contributed by atoms with Gasteiger partial charge in [-0.2, -0.15) is 0 Å². The number of hydrogen-bond donors (Lipinski definition) is 2. The smallest absolute Gasteiger partial charge is 0.236 e. The number of primary amides is 1. The number of benzene rings is 1. The van der Waals surface area contributed by atoms with Gasteiger partial charge in [-0.25, -0.2) is 0 Å². The maximum atomic E-state index is 11.0. The van der Waals surface area contributed by atoms with Crippen molar-refractivity contribution in [3.8, 4) is 0 Å². The summed E-state index contributed by atoms with van der Waals surface area (Å²) in [6, 6.07) is 7.80. The minimum absolute atomic E-state index is 0.194. The van der Waals surface area contributed by atoms with Crippen molar-refractivity contribution in [3.63, 3.8) is 0 Å². The number of carbonyl (C=O) groups is 1. The van der Waals surface area contributed by atoms with Gasteiger partial charge in [0, 0.05) is 11.7 Å². The molecule has 1 atom stereocenters. The Morgan fingerprint density at radius 2 is 1.89 bits per heavy atom. The molecular weight excluding hydrogens is 228 g/mol. The second-order valence-corrected chi connectivity index (χ2v) is 4.70. The van der Waals surface area contributed by atoms with E-state index in [0.29, 0.717) is 6.42 Å². The van der Waals surface area contributed by atoms with Gasteiger partial charge in [0.05, 0.1) is 12.6 Å². The topological polar surface area (TPSA) is 66.6 Å². The van der Waals surface area contributed by atoms with Gasteiger partial charge in [0.1, 0.15) is 0 Å². The monoisotopic (exact) mass is 250 g/mol. The molecule has 3 N–H and O–H groups in total. The number of nitrogens with zero attached hydrogens (tertiary/aromatic N) is 1. The lowest BCUT2D eigenvalue weighted by Crippen LogP contribution is -2.38. The molecule has 0 saturated carbocycles. The molecule has 4 heteroatoms. The fourth-order valence-electron chi connectivity index (χ4n) is 1.86. The van der Waals surface area contributed by atoms with Gasteiger partial charge in [0.25, 0.3) is 0 Å². The molecule has 0 aliphatic carbocycles. The third kappa shape index (κ3) is 3.74. The predicted molar refractivity (Wildman–Crippen MR) is 73.4 cm³/mol. The maximum absolute atomic E-state index is 11.0. The minimum Gasteiger partial charge on any atom is -0.388 e. The van der Waals surface area contributed by atoms with Crippen molar-refractivity contribution in [2.24, 2.45) is 5.73 Å². The summed E-state index contributed by atoms with van der Waals surface area (Å²) in [7, 11) is 0. The molecule has 4 nitrogen and oxygen atoms in total. The summed E-state index contributed by atoms with van der Waals surface area (Å²) >= 11 is 0. The van der Waals surface area contributed by atoms with E-state index in [1.165, 1.54) is 0 Å². The normalized spacial score (nSPS) is 12.5. The lowest BCUT2D eigenvalue weighted by Gasteiger charge is -2.28. The summed E-state index contributed by atoms with van der Waals surface area (Å²) in [5, 5.41) is 9.73. The van der Waals surface area contributed by atoms with E-state index >= 15 is 0 Å². The molecule has 0 radical (unpaired) electrons. The van der Waals surface area contributed by atoms with Gasteiger partial charge in [-0.05, 0) is 38.0 Å². The maximum Gasteiger partial charge on any atom is 0.236 e. The largest absolute Gasteiger partial charge is 0.388 e. The molecule has 0 aromatic heterocycles. The first-order chi connectivity index (χ1) is 8.45. The molecule has 0 heterocycles. The lowest BCUT2D eigenvalue weighted by atomic mass is 10.1. The highest BCUT2D eigenvalue weighted by Gasteiger charge is 2.13. The standard InChI is InChI=1S/C14H22N2O2/c1-4-13(17)11-5-7-12(8-6-11)16(10(2)3)9-14(15)18/h5-8,10,13,17H,4,9H2,1-3H3,(H2,15,18). The van der Waals surface area contributed by atoms with Crippen LogP contribution < -0.4 is 10.6 Å². The van der Waals surface area contributed by atoms with Gasteiger partial charge in [-0.1, -0.05) is 19.1 Å². The van der Waals surface area contributed by atoms with Crippen molar-refractivity contribution < 1.29 is 9.90 Å². The average molecular weight is 250 g/mol. The van der Waals surface area contributed by atoms with E-state index in [2.05, 4.69) is 0 Å². The Morgan fingerprint density at radius 3 is 2.28 bits per heavy atom. The van der Waals surface area contributed by atoms with E-state index in [4.69, 9.17) is 5.73 Å². The third-order valence-electron chi connectivity index (χ3n) is 2.95. The zero-order chi connectivity index (χ0) is 13.7. The Kier molecular flexibility index (Phi) is 5.16. The second-order valence-electron chi connectivity index (χ2n) is 4.70.